The van der Waals surface area contributed by atoms with Crippen molar-refractivity contribution in [2.75, 3.05) is 10.6 Å². The fourth-order valence-electron chi connectivity index (χ4n) is 2.17. The highest BCUT2D eigenvalue weighted by Crippen LogP contribution is 2.30. The lowest BCUT2D eigenvalue weighted by atomic mass is 10.2. The van der Waals surface area contributed by atoms with Crippen LogP contribution in [0.2, 0.25) is 5.02 Å². The Bertz CT molecular complexity index is 913. The molecule has 0 bridgehead atoms. The number of aromatic nitrogens is 3. The van der Waals surface area contributed by atoms with Crippen molar-refractivity contribution in [3.05, 3.63) is 64.8 Å². The molecule has 0 aliphatic heterocycles. The zero-order chi connectivity index (χ0) is 18.7. The highest BCUT2D eigenvalue weighted by molar-refractivity contribution is 6.31. The van der Waals surface area contributed by atoms with E-state index >= 15 is 0 Å². The third-order valence-corrected chi connectivity index (χ3v) is 3.97. The van der Waals surface area contributed by atoms with Crippen molar-refractivity contribution < 1.29 is 13.2 Å². The maximum absolute atomic E-state index is 12.6. The SMILES string of the molecule is Cc1c(Cl)cccc1Nc1cnnc(Nc2ccc(C(F)(F)F)cc2)n1. The Kier molecular flexibility index (Phi) is 4.94. The molecule has 5 nitrogen and oxygen atoms in total. The van der Waals surface area contributed by atoms with Gasteiger partial charge in [0.05, 0.1) is 11.8 Å². The Morgan fingerprint density at radius 3 is 2.42 bits per heavy atom. The maximum atomic E-state index is 12.6. The van der Waals surface area contributed by atoms with Crippen LogP contribution >= 0.6 is 11.6 Å². The molecule has 0 amide bonds. The van der Waals surface area contributed by atoms with Crippen molar-refractivity contribution in [3.63, 3.8) is 0 Å². The molecule has 0 aliphatic rings. The third kappa shape index (κ3) is 4.20. The van der Waals surface area contributed by atoms with Crippen LogP contribution in [-0.4, -0.2) is 15.2 Å². The second-order valence-corrected chi connectivity index (χ2v) is 5.81. The van der Waals surface area contributed by atoms with Gasteiger partial charge in [0, 0.05) is 16.4 Å². The average Bonchev–Trinajstić information content (AvgIpc) is 2.59. The molecule has 134 valence electrons. The number of nitrogens with one attached hydrogen (secondary N) is 2. The number of hydrogen-bond donors (Lipinski definition) is 2. The van der Waals surface area contributed by atoms with E-state index in [0.29, 0.717) is 16.5 Å². The second-order valence-electron chi connectivity index (χ2n) is 5.40. The molecule has 0 aliphatic carbocycles. The van der Waals surface area contributed by atoms with Crippen LogP contribution in [0.3, 0.4) is 0 Å². The predicted molar refractivity (Wildman–Crippen MR) is 94.0 cm³/mol. The van der Waals surface area contributed by atoms with Gasteiger partial charge in [-0.25, -0.2) is 0 Å². The summed E-state index contributed by atoms with van der Waals surface area (Å²) in [6, 6.07) is 9.97. The Morgan fingerprint density at radius 2 is 1.73 bits per heavy atom. The first-order valence-corrected chi connectivity index (χ1v) is 7.87. The van der Waals surface area contributed by atoms with Crippen molar-refractivity contribution in [2.45, 2.75) is 13.1 Å². The molecule has 9 heteroatoms. The summed E-state index contributed by atoms with van der Waals surface area (Å²) in [6.45, 7) is 1.86. The number of nitrogens with zero attached hydrogens (tertiary/aromatic N) is 3. The van der Waals surface area contributed by atoms with Crippen molar-refractivity contribution in [1.29, 1.82) is 0 Å². The Hall–Kier alpha value is -2.87. The van der Waals surface area contributed by atoms with Gasteiger partial charge in [-0.05, 0) is 48.9 Å². The van der Waals surface area contributed by atoms with Gasteiger partial charge in [-0.3, -0.25) is 0 Å². The van der Waals surface area contributed by atoms with E-state index in [2.05, 4.69) is 25.8 Å². The standard InChI is InChI=1S/C17H13ClF3N5/c1-10-13(18)3-2-4-14(10)24-15-9-22-26-16(25-15)23-12-7-5-11(6-8-12)17(19,20)21/h2-9H,1H3,(H2,23,24,25,26). The Labute approximate surface area is 152 Å². The molecule has 0 unspecified atom stereocenters. The first kappa shape index (κ1) is 17.9. The highest BCUT2D eigenvalue weighted by Gasteiger charge is 2.29. The van der Waals surface area contributed by atoms with Gasteiger partial charge < -0.3 is 10.6 Å². The van der Waals surface area contributed by atoms with Crippen LogP contribution in [0.1, 0.15) is 11.1 Å². The highest BCUT2D eigenvalue weighted by atomic mass is 35.5. The minimum absolute atomic E-state index is 0.148. The fraction of sp³-hybridized carbons (Fsp3) is 0.118. The van der Waals surface area contributed by atoms with E-state index in [4.69, 9.17) is 11.6 Å². The van der Waals surface area contributed by atoms with Gasteiger partial charge in [-0.1, -0.05) is 17.7 Å². The Morgan fingerprint density at radius 1 is 1.00 bits per heavy atom. The van der Waals surface area contributed by atoms with Gasteiger partial charge in [0.2, 0.25) is 5.95 Å². The van der Waals surface area contributed by atoms with Crippen LogP contribution in [-0.2, 0) is 6.18 Å². The van der Waals surface area contributed by atoms with Crippen LogP contribution in [0.5, 0.6) is 0 Å². The van der Waals surface area contributed by atoms with Crippen LogP contribution < -0.4 is 10.6 Å². The number of alkyl halides is 3. The summed E-state index contributed by atoms with van der Waals surface area (Å²) in [6.07, 6.45) is -2.95. The zero-order valence-corrected chi connectivity index (χ0v) is 14.2. The zero-order valence-electron chi connectivity index (χ0n) is 13.5. The minimum Gasteiger partial charge on any atom is -0.339 e. The monoisotopic (exact) mass is 379 g/mol. The number of hydrogen-bond acceptors (Lipinski definition) is 5. The topological polar surface area (TPSA) is 62.7 Å². The molecular weight excluding hydrogens is 367 g/mol. The largest absolute Gasteiger partial charge is 0.416 e. The third-order valence-electron chi connectivity index (χ3n) is 3.56. The molecule has 0 atom stereocenters. The molecule has 0 saturated carbocycles. The summed E-state index contributed by atoms with van der Waals surface area (Å²) >= 11 is 6.08. The first-order valence-electron chi connectivity index (χ1n) is 7.49. The molecule has 2 N–H and O–H groups in total. The molecule has 3 aromatic rings. The van der Waals surface area contributed by atoms with Gasteiger partial charge >= 0.3 is 6.18 Å². The molecular formula is C17H13ClF3N5. The molecule has 0 saturated heterocycles. The number of benzene rings is 2. The van der Waals surface area contributed by atoms with Crippen molar-refractivity contribution in [3.8, 4) is 0 Å². The van der Waals surface area contributed by atoms with E-state index in [0.717, 1.165) is 23.4 Å². The smallest absolute Gasteiger partial charge is 0.339 e. The second kappa shape index (κ2) is 7.17. The van der Waals surface area contributed by atoms with Gasteiger partial charge in [0.1, 0.15) is 0 Å². The van der Waals surface area contributed by atoms with Gasteiger partial charge in [0.25, 0.3) is 0 Å². The van der Waals surface area contributed by atoms with Crippen LogP contribution in [0.4, 0.5) is 36.3 Å². The summed E-state index contributed by atoms with van der Waals surface area (Å²) in [5.74, 6) is 0.564. The lowest BCUT2D eigenvalue weighted by Crippen LogP contribution is -2.05. The molecule has 0 spiro atoms. The van der Waals surface area contributed by atoms with Crippen LogP contribution in [0, 0.1) is 6.92 Å². The number of rotatable bonds is 4. The van der Waals surface area contributed by atoms with Gasteiger partial charge in [-0.2, -0.15) is 23.3 Å². The summed E-state index contributed by atoms with van der Waals surface area (Å²) in [5.41, 5.74) is 1.30. The minimum atomic E-state index is -4.38. The van der Waals surface area contributed by atoms with E-state index in [9.17, 15) is 13.2 Å². The summed E-state index contributed by atoms with van der Waals surface area (Å²) < 4.78 is 37.8. The molecule has 2 aromatic carbocycles. The summed E-state index contributed by atoms with van der Waals surface area (Å²) in [5, 5.41) is 14.2. The molecule has 0 radical (unpaired) electrons. The maximum Gasteiger partial charge on any atom is 0.416 e. The average molecular weight is 380 g/mol. The summed E-state index contributed by atoms with van der Waals surface area (Å²) in [7, 11) is 0. The normalized spacial score (nSPS) is 11.3. The lowest BCUT2D eigenvalue weighted by molar-refractivity contribution is -0.137. The van der Waals surface area contributed by atoms with Crippen molar-refractivity contribution in [1.82, 2.24) is 15.2 Å². The van der Waals surface area contributed by atoms with E-state index in [1.54, 1.807) is 12.1 Å². The first-order chi connectivity index (χ1) is 12.3. The van der Waals surface area contributed by atoms with Gasteiger partial charge in [-0.15, -0.1) is 5.10 Å². The van der Waals surface area contributed by atoms with E-state index in [1.165, 1.54) is 18.3 Å². The van der Waals surface area contributed by atoms with E-state index < -0.39 is 11.7 Å². The molecule has 3 rings (SSSR count). The van der Waals surface area contributed by atoms with Crippen LogP contribution in [0.25, 0.3) is 0 Å². The molecule has 0 fully saturated rings. The fourth-order valence-corrected chi connectivity index (χ4v) is 2.34. The van der Waals surface area contributed by atoms with Gasteiger partial charge in [0.15, 0.2) is 5.82 Å². The molecule has 1 aromatic heterocycles. The number of halogens is 4. The lowest BCUT2D eigenvalue weighted by Gasteiger charge is -2.11. The van der Waals surface area contributed by atoms with Crippen LogP contribution in [0.15, 0.2) is 48.7 Å². The molecule has 26 heavy (non-hydrogen) atoms. The molecule has 1 heterocycles. The quantitative estimate of drug-likeness (QED) is 0.640. The summed E-state index contributed by atoms with van der Waals surface area (Å²) in [4.78, 5) is 4.24. The van der Waals surface area contributed by atoms with Crippen molar-refractivity contribution in [2.24, 2.45) is 0 Å². The van der Waals surface area contributed by atoms with Crippen molar-refractivity contribution >= 4 is 34.7 Å². The predicted octanol–water partition coefficient (Wildman–Crippen LogP) is 5.34. The van der Waals surface area contributed by atoms with E-state index in [-0.39, 0.29) is 5.95 Å². The van der Waals surface area contributed by atoms with E-state index in [1.807, 2.05) is 13.0 Å². The Balaban J connectivity index is 1.76. The number of anilines is 4.